The molecule has 0 saturated carbocycles. The SMILES string of the molecule is CC/C=C\C/C=C\C/C=C\CCCCCCCCCC(=O)OCC(COP(=O)(O)OCC(CO)OC(=O)CCCCC/C=C\C/C=C\C/C=C\CC)OC(=O)CCCCCCCC/C=C\C/C=C\C/C=C\CCCCC. The van der Waals surface area contributed by atoms with E-state index in [1.165, 1.54) is 38.5 Å². The van der Waals surface area contributed by atoms with Gasteiger partial charge < -0.3 is 24.2 Å². The van der Waals surface area contributed by atoms with Crippen molar-refractivity contribution in [3.63, 3.8) is 0 Å². The van der Waals surface area contributed by atoms with Crippen molar-refractivity contribution in [3.05, 3.63) is 109 Å². The largest absolute Gasteiger partial charge is 0.472 e. The van der Waals surface area contributed by atoms with Gasteiger partial charge in [-0.15, -0.1) is 0 Å². The molecule has 434 valence electrons. The second-order valence-corrected chi connectivity index (χ2v) is 20.8. The molecule has 0 radical (unpaired) electrons. The topological polar surface area (TPSA) is 155 Å². The fraction of sp³-hybridized carbons (Fsp3) is 0.672. The first-order valence-electron chi connectivity index (χ1n) is 29.8. The molecule has 0 aliphatic carbocycles. The molecule has 0 aliphatic rings. The molecule has 12 heteroatoms. The Bertz CT molecular complexity index is 1690. The Hall–Kier alpha value is -3.86. The van der Waals surface area contributed by atoms with Gasteiger partial charge in [-0.3, -0.25) is 23.4 Å². The number of esters is 3. The quantitative estimate of drug-likeness (QED) is 0.0197. The summed E-state index contributed by atoms with van der Waals surface area (Å²) in [5, 5.41) is 9.81. The van der Waals surface area contributed by atoms with E-state index in [-0.39, 0.29) is 25.9 Å². The van der Waals surface area contributed by atoms with Crippen LogP contribution < -0.4 is 0 Å². The second-order valence-electron chi connectivity index (χ2n) is 19.4. The molecule has 2 N–H and O–H groups in total. The molecule has 0 aromatic rings. The zero-order valence-corrected chi connectivity index (χ0v) is 48.8. The molecular formula is C64H107O11P. The summed E-state index contributed by atoms with van der Waals surface area (Å²) in [5.41, 5.74) is 0. The van der Waals surface area contributed by atoms with Crippen LogP contribution >= 0.6 is 7.82 Å². The molecule has 0 rings (SSSR count). The number of carbonyl (C=O) groups is 3. The number of unbranched alkanes of at least 4 members (excludes halogenated alkanes) is 19. The van der Waals surface area contributed by atoms with E-state index in [1.807, 2.05) is 0 Å². The smallest absolute Gasteiger partial charge is 0.462 e. The van der Waals surface area contributed by atoms with Gasteiger partial charge in [0.1, 0.15) is 12.7 Å². The normalized spacial score (nSPS) is 14.1. The maximum absolute atomic E-state index is 12.9. The van der Waals surface area contributed by atoms with Crippen LogP contribution in [0.15, 0.2) is 109 Å². The molecule has 76 heavy (non-hydrogen) atoms. The lowest BCUT2D eigenvalue weighted by Gasteiger charge is -2.21. The van der Waals surface area contributed by atoms with E-state index in [9.17, 15) is 28.9 Å². The van der Waals surface area contributed by atoms with E-state index >= 15 is 0 Å². The Morgan fingerprint density at radius 3 is 1.07 bits per heavy atom. The summed E-state index contributed by atoms with van der Waals surface area (Å²) < 4.78 is 39.5. The summed E-state index contributed by atoms with van der Waals surface area (Å²) in [7, 11) is -4.77. The lowest BCUT2D eigenvalue weighted by Crippen LogP contribution is -2.30. The highest BCUT2D eigenvalue weighted by atomic mass is 31.2. The van der Waals surface area contributed by atoms with Crippen molar-refractivity contribution in [1.82, 2.24) is 0 Å². The monoisotopic (exact) mass is 1080 g/mol. The van der Waals surface area contributed by atoms with Crippen LogP contribution in [0.3, 0.4) is 0 Å². The van der Waals surface area contributed by atoms with Crippen molar-refractivity contribution >= 4 is 25.7 Å². The summed E-state index contributed by atoms with van der Waals surface area (Å²) in [4.78, 5) is 48.6. The van der Waals surface area contributed by atoms with E-state index in [4.69, 9.17) is 23.3 Å². The van der Waals surface area contributed by atoms with Crippen LogP contribution in [0.2, 0.25) is 0 Å². The van der Waals surface area contributed by atoms with Crippen LogP contribution in [0.25, 0.3) is 0 Å². The number of allylic oxidation sites excluding steroid dienone is 18. The van der Waals surface area contributed by atoms with Gasteiger partial charge in [0.2, 0.25) is 0 Å². The Balaban J connectivity index is 4.80. The van der Waals surface area contributed by atoms with Crippen LogP contribution in [0.4, 0.5) is 0 Å². The summed E-state index contributed by atoms with van der Waals surface area (Å²) in [5.74, 6) is -1.53. The number of phosphoric ester groups is 1. The van der Waals surface area contributed by atoms with E-state index in [0.717, 1.165) is 141 Å². The Kier molecular flexibility index (Phi) is 54.4. The lowest BCUT2D eigenvalue weighted by atomic mass is 10.1. The molecule has 0 saturated heterocycles. The van der Waals surface area contributed by atoms with Gasteiger partial charge in [-0.2, -0.15) is 0 Å². The van der Waals surface area contributed by atoms with E-state index in [2.05, 4.69) is 130 Å². The molecule has 11 nitrogen and oxygen atoms in total. The van der Waals surface area contributed by atoms with Gasteiger partial charge in [0.25, 0.3) is 0 Å². The first-order valence-corrected chi connectivity index (χ1v) is 31.3. The van der Waals surface area contributed by atoms with Crippen molar-refractivity contribution in [2.45, 2.75) is 251 Å². The van der Waals surface area contributed by atoms with E-state index in [1.54, 1.807) is 0 Å². The second kappa shape index (κ2) is 57.3. The Morgan fingerprint density at radius 1 is 0.382 bits per heavy atom. The number of rotatable bonds is 54. The third-order valence-corrected chi connectivity index (χ3v) is 13.1. The zero-order chi connectivity index (χ0) is 55.5. The van der Waals surface area contributed by atoms with Gasteiger partial charge in [-0.1, -0.05) is 207 Å². The zero-order valence-electron chi connectivity index (χ0n) is 47.9. The van der Waals surface area contributed by atoms with Crippen molar-refractivity contribution in [1.29, 1.82) is 0 Å². The van der Waals surface area contributed by atoms with Gasteiger partial charge in [-0.25, -0.2) is 4.57 Å². The highest BCUT2D eigenvalue weighted by Gasteiger charge is 2.28. The number of phosphoric acid groups is 1. The van der Waals surface area contributed by atoms with E-state index < -0.39 is 57.8 Å². The average Bonchev–Trinajstić information content (AvgIpc) is 3.41. The van der Waals surface area contributed by atoms with Crippen LogP contribution in [0, 0.1) is 0 Å². The fourth-order valence-electron chi connectivity index (χ4n) is 7.69. The molecule has 3 atom stereocenters. The molecule has 0 spiro atoms. The standard InChI is InChI=1S/C64H107O11P/c1-4-7-10-13-16-19-22-25-27-29-30-32-34-37-40-43-46-49-52-55-64(68)75-61(57-71-62(66)53-50-47-44-41-38-36-33-31-28-26-23-20-17-14-11-8-5-2)59-73-76(69,70)72-58-60(56-65)74-63(67)54-51-48-45-42-39-35-24-21-18-15-12-9-6-3/h8-9,11-12,16-21,25-28,30,32,35,39,60-61,65H,4-7,10,13-15,22-24,29,31,33-34,36-38,40-59H2,1-3H3,(H,69,70)/b11-8-,12-9-,19-16-,20-17-,21-18-,27-25-,28-26-,32-30-,39-35-. The minimum absolute atomic E-state index is 0.136. The molecule has 0 fully saturated rings. The summed E-state index contributed by atoms with van der Waals surface area (Å²) >= 11 is 0. The third-order valence-electron chi connectivity index (χ3n) is 12.2. The van der Waals surface area contributed by atoms with Crippen LogP contribution in [0.5, 0.6) is 0 Å². The number of ether oxygens (including phenoxy) is 3. The number of aliphatic hydroxyl groups excluding tert-OH is 1. The van der Waals surface area contributed by atoms with E-state index in [0.29, 0.717) is 19.3 Å². The first kappa shape index (κ1) is 72.1. The van der Waals surface area contributed by atoms with Gasteiger partial charge >= 0.3 is 25.7 Å². The number of carbonyl (C=O) groups excluding carboxylic acids is 3. The van der Waals surface area contributed by atoms with Crippen LogP contribution in [-0.2, 0) is 42.2 Å². The minimum Gasteiger partial charge on any atom is -0.462 e. The van der Waals surface area contributed by atoms with Gasteiger partial charge in [0.15, 0.2) is 6.10 Å². The molecule has 0 heterocycles. The highest BCUT2D eigenvalue weighted by molar-refractivity contribution is 7.47. The molecule has 3 unspecified atom stereocenters. The van der Waals surface area contributed by atoms with Gasteiger partial charge in [0, 0.05) is 19.3 Å². The molecule has 0 aromatic heterocycles. The van der Waals surface area contributed by atoms with Crippen LogP contribution in [0.1, 0.15) is 239 Å². The molecular weight excluding hydrogens is 976 g/mol. The fourth-order valence-corrected chi connectivity index (χ4v) is 8.47. The van der Waals surface area contributed by atoms with Gasteiger partial charge in [-0.05, 0) is 122 Å². The maximum atomic E-state index is 12.9. The Morgan fingerprint density at radius 2 is 0.684 bits per heavy atom. The number of aliphatic hydroxyl groups is 1. The lowest BCUT2D eigenvalue weighted by molar-refractivity contribution is -0.161. The summed E-state index contributed by atoms with van der Waals surface area (Å²) in [6.45, 7) is 4.33. The Labute approximate surface area is 463 Å². The predicted molar refractivity (Wildman–Crippen MR) is 316 cm³/mol. The number of hydrogen-bond donors (Lipinski definition) is 2. The summed E-state index contributed by atoms with van der Waals surface area (Å²) in [6, 6.07) is 0. The molecule has 0 amide bonds. The molecule has 0 aromatic carbocycles. The third kappa shape index (κ3) is 54.9. The highest BCUT2D eigenvalue weighted by Crippen LogP contribution is 2.43. The first-order chi connectivity index (χ1) is 37.2. The average molecular weight is 1080 g/mol. The predicted octanol–water partition coefficient (Wildman–Crippen LogP) is 17.8. The van der Waals surface area contributed by atoms with Crippen molar-refractivity contribution < 1.29 is 52.2 Å². The molecule has 0 bridgehead atoms. The van der Waals surface area contributed by atoms with Crippen LogP contribution in [-0.4, -0.2) is 66.5 Å². The summed E-state index contributed by atoms with van der Waals surface area (Å²) in [6.07, 6.45) is 69.0. The molecule has 0 aliphatic heterocycles. The van der Waals surface area contributed by atoms with Crippen molar-refractivity contribution in [2.75, 3.05) is 26.4 Å². The van der Waals surface area contributed by atoms with Gasteiger partial charge in [0.05, 0.1) is 19.8 Å². The van der Waals surface area contributed by atoms with Crippen molar-refractivity contribution in [2.24, 2.45) is 0 Å². The minimum atomic E-state index is -4.77. The number of hydrogen-bond acceptors (Lipinski definition) is 10. The maximum Gasteiger partial charge on any atom is 0.472 e. The van der Waals surface area contributed by atoms with Crippen molar-refractivity contribution in [3.8, 4) is 0 Å².